The van der Waals surface area contributed by atoms with Crippen LogP contribution >= 0.6 is 45.2 Å². The van der Waals surface area contributed by atoms with Crippen LogP contribution in [0.15, 0.2) is 43.0 Å². The van der Waals surface area contributed by atoms with Gasteiger partial charge in [-0.15, -0.1) is 0 Å². The molecule has 0 unspecified atom stereocenters. The van der Waals surface area contributed by atoms with E-state index >= 15 is 0 Å². The molecule has 0 saturated carbocycles. The van der Waals surface area contributed by atoms with Crippen LogP contribution in [0, 0.1) is 7.14 Å². The Labute approximate surface area is 202 Å². The lowest BCUT2D eigenvalue weighted by Gasteiger charge is -2.28. The zero-order chi connectivity index (χ0) is 23.6. The SMILES string of the molecule is C=Cc1ccc(-c2c(I)cc(C(=O)OCCC(F)(F)C(F)(F)S(=O)(=O)[O-])cc2I)cc1. The van der Waals surface area contributed by atoms with Crippen LogP contribution in [0.2, 0.25) is 0 Å². The monoisotopic (exact) mass is 683 g/mol. The van der Waals surface area contributed by atoms with Gasteiger partial charge in [0.25, 0.3) is 0 Å². The molecule has 0 N–H and O–H groups in total. The van der Waals surface area contributed by atoms with Gasteiger partial charge in [0, 0.05) is 12.7 Å². The van der Waals surface area contributed by atoms with Crippen molar-refractivity contribution in [2.45, 2.75) is 17.6 Å². The van der Waals surface area contributed by atoms with E-state index in [9.17, 15) is 35.3 Å². The van der Waals surface area contributed by atoms with E-state index < -0.39 is 40.3 Å². The molecule has 0 fully saturated rings. The molecule has 0 atom stereocenters. The summed E-state index contributed by atoms with van der Waals surface area (Å²) >= 11 is 3.97. The minimum atomic E-state index is -6.59. The molecular formula is C19H13F4I2O5S-. The number of halogens is 6. The van der Waals surface area contributed by atoms with Crippen molar-refractivity contribution < 1.29 is 40.1 Å². The molecule has 0 aromatic heterocycles. The summed E-state index contributed by atoms with van der Waals surface area (Å²) in [6.45, 7) is 2.46. The van der Waals surface area contributed by atoms with Crippen LogP contribution in [-0.2, 0) is 14.9 Å². The molecular weight excluding hydrogens is 670 g/mol. The summed E-state index contributed by atoms with van der Waals surface area (Å²) in [5.41, 5.74) is 2.59. The number of ether oxygens (including phenoxy) is 1. The molecule has 0 bridgehead atoms. The van der Waals surface area contributed by atoms with Crippen molar-refractivity contribution in [3.63, 3.8) is 0 Å². The molecule has 0 aliphatic rings. The van der Waals surface area contributed by atoms with Crippen LogP contribution in [0.1, 0.15) is 22.3 Å². The lowest BCUT2D eigenvalue weighted by atomic mass is 10.0. The van der Waals surface area contributed by atoms with Crippen molar-refractivity contribution >= 4 is 67.3 Å². The normalized spacial score (nSPS) is 12.5. The summed E-state index contributed by atoms with van der Waals surface area (Å²) in [6, 6.07) is 10.3. The second-order valence-electron chi connectivity index (χ2n) is 6.20. The molecule has 2 aromatic rings. The van der Waals surface area contributed by atoms with Crippen LogP contribution in [0.4, 0.5) is 17.6 Å². The number of carbonyl (C=O) groups excluding carboxylic acids is 1. The highest BCUT2D eigenvalue weighted by Crippen LogP contribution is 2.40. The summed E-state index contributed by atoms with van der Waals surface area (Å²) in [5.74, 6) is -6.26. The summed E-state index contributed by atoms with van der Waals surface area (Å²) in [6.07, 6.45) is -0.153. The minimum absolute atomic E-state index is 0.00761. The van der Waals surface area contributed by atoms with Crippen molar-refractivity contribution in [3.05, 3.63) is 61.2 Å². The first-order valence-electron chi connectivity index (χ1n) is 8.31. The maximum Gasteiger partial charge on any atom is 0.396 e. The van der Waals surface area contributed by atoms with Gasteiger partial charge in [0.15, 0.2) is 10.1 Å². The van der Waals surface area contributed by atoms with Gasteiger partial charge in [-0.25, -0.2) is 13.2 Å². The van der Waals surface area contributed by atoms with Gasteiger partial charge in [-0.3, -0.25) is 0 Å². The van der Waals surface area contributed by atoms with Gasteiger partial charge in [0.05, 0.1) is 18.6 Å². The third kappa shape index (κ3) is 5.76. The lowest BCUT2D eigenvalue weighted by Crippen LogP contribution is -2.47. The minimum Gasteiger partial charge on any atom is -0.743 e. The number of benzene rings is 2. The van der Waals surface area contributed by atoms with E-state index in [1.54, 1.807) is 6.08 Å². The highest BCUT2D eigenvalue weighted by molar-refractivity contribution is 14.1. The molecule has 168 valence electrons. The standard InChI is InChI=1S/C19H14F4I2O5S/c1-2-11-3-5-12(6-4-11)16-14(24)9-13(10-15(16)25)17(26)30-8-7-18(20,21)19(22,23)31(27,28)29/h2-6,9-10H,1,7-8H2,(H,27,28,29)/p-1. The Bertz CT molecular complexity index is 1080. The number of esters is 1. The first-order chi connectivity index (χ1) is 14.2. The van der Waals surface area contributed by atoms with Crippen molar-refractivity contribution in [1.29, 1.82) is 0 Å². The van der Waals surface area contributed by atoms with Crippen LogP contribution in [0.25, 0.3) is 17.2 Å². The van der Waals surface area contributed by atoms with Gasteiger partial charge in [0.2, 0.25) is 0 Å². The number of rotatable bonds is 8. The fraction of sp³-hybridized carbons (Fsp3) is 0.211. The van der Waals surface area contributed by atoms with Crippen molar-refractivity contribution in [1.82, 2.24) is 0 Å². The Balaban J connectivity index is 2.15. The second-order valence-corrected chi connectivity index (χ2v) is 9.95. The van der Waals surface area contributed by atoms with Gasteiger partial charge < -0.3 is 9.29 Å². The van der Waals surface area contributed by atoms with E-state index in [0.29, 0.717) is 7.14 Å². The van der Waals surface area contributed by atoms with E-state index in [-0.39, 0.29) is 5.56 Å². The average molecular weight is 683 g/mol. The van der Waals surface area contributed by atoms with E-state index in [0.717, 1.165) is 16.7 Å². The van der Waals surface area contributed by atoms with Crippen LogP contribution < -0.4 is 0 Å². The first kappa shape index (κ1) is 26.0. The molecule has 0 heterocycles. The number of alkyl halides is 4. The molecule has 0 aliphatic carbocycles. The Hall–Kier alpha value is -1.26. The lowest BCUT2D eigenvalue weighted by molar-refractivity contribution is -0.168. The Morgan fingerprint density at radius 1 is 1.10 bits per heavy atom. The molecule has 0 aliphatic heterocycles. The third-order valence-corrected chi connectivity index (χ3v) is 6.73. The number of hydrogen-bond donors (Lipinski definition) is 0. The van der Waals surface area contributed by atoms with Crippen molar-refractivity contribution in [3.8, 4) is 11.1 Å². The van der Waals surface area contributed by atoms with E-state index in [2.05, 4.69) is 11.3 Å². The molecule has 2 rings (SSSR count). The zero-order valence-corrected chi connectivity index (χ0v) is 20.5. The summed E-state index contributed by atoms with van der Waals surface area (Å²) < 4.78 is 90.1. The molecule has 2 aromatic carbocycles. The first-order valence-corrected chi connectivity index (χ1v) is 11.9. The molecule has 12 heteroatoms. The zero-order valence-electron chi connectivity index (χ0n) is 15.4. The van der Waals surface area contributed by atoms with Gasteiger partial charge in [0.1, 0.15) is 0 Å². The predicted molar refractivity (Wildman–Crippen MR) is 122 cm³/mol. The molecule has 0 spiro atoms. The third-order valence-electron chi connectivity index (χ3n) is 4.10. The largest absolute Gasteiger partial charge is 0.743 e. The Morgan fingerprint density at radius 3 is 2.06 bits per heavy atom. The highest BCUT2D eigenvalue weighted by Gasteiger charge is 2.61. The van der Waals surface area contributed by atoms with E-state index in [1.165, 1.54) is 12.1 Å². The summed E-state index contributed by atoms with van der Waals surface area (Å²) in [7, 11) is -6.59. The van der Waals surface area contributed by atoms with E-state index in [1.807, 2.05) is 69.4 Å². The topological polar surface area (TPSA) is 83.5 Å². The smallest absolute Gasteiger partial charge is 0.396 e. The Morgan fingerprint density at radius 2 is 1.61 bits per heavy atom. The molecule has 0 saturated heterocycles. The number of carbonyl (C=O) groups is 1. The second kappa shape index (κ2) is 9.70. The molecule has 0 radical (unpaired) electrons. The predicted octanol–water partition coefficient (Wildman–Crippen LogP) is 5.53. The maximum absolute atomic E-state index is 13.4. The molecule has 5 nitrogen and oxygen atoms in total. The van der Waals surface area contributed by atoms with Gasteiger partial charge in [-0.05, 0) is 68.4 Å². The Kier molecular flexibility index (Phi) is 8.14. The van der Waals surface area contributed by atoms with Gasteiger partial charge >= 0.3 is 17.1 Å². The summed E-state index contributed by atoms with van der Waals surface area (Å²) in [5, 5.41) is -5.82. The van der Waals surface area contributed by atoms with E-state index in [4.69, 9.17) is 0 Å². The molecule has 31 heavy (non-hydrogen) atoms. The fourth-order valence-electron chi connectivity index (χ4n) is 2.44. The quantitative estimate of drug-likeness (QED) is 0.158. The average Bonchev–Trinajstić information content (AvgIpc) is 2.66. The van der Waals surface area contributed by atoms with Crippen LogP contribution in [-0.4, -0.2) is 36.7 Å². The van der Waals surface area contributed by atoms with Crippen LogP contribution in [0.5, 0.6) is 0 Å². The van der Waals surface area contributed by atoms with Gasteiger partial charge in [-0.1, -0.05) is 36.9 Å². The van der Waals surface area contributed by atoms with Crippen molar-refractivity contribution in [2.24, 2.45) is 0 Å². The van der Waals surface area contributed by atoms with Crippen LogP contribution in [0.3, 0.4) is 0 Å². The molecule has 0 amide bonds. The maximum atomic E-state index is 13.4. The van der Waals surface area contributed by atoms with Gasteiger partial charge in [-0.2, -0.15) is 17.6 Å². The highest BCUT2D eigenvalue weighted by atomic mass is 127. The summed E-state index contributed by atoms with van der Waals surface area (Å²) in [4.78, 5) is 12.2. The van der Waals surface area contributed by atoms with Crippen molar-refractivity contribution in [2.75, 3.05) is 6.61 Å². The number of hydrogen-bond acceptors (Lipinski definition) is 5. The fourth-order valence-corrected chi connectivity index (χ4v) is 5.30.